The molecule has 0 spiro atoms. The molecule has 1 fully saturated rings. The highest BCUT2D eigenvalue weighted by atomic mass is 32.2. The fourth-order valence-electron chi connectivity index (χ4n) is 4.87. The number of benzene rings is 3. The van der Waals surface area contributed by atoms with Gasteiger partial charge in [0.25, 0.3) is 0 Å². The van der Waals surface area contributed by atoms with Crippen LogP contribution >= 0.6 is 0 Å². The Kier molecular flexibility index (Phi) is 4.54. The molecule has 2 aliphatic rings. The van der Waals surface area contributed by atoms with E-state index in [1.54, 1.807) is 16.4 Å². The van der Waals surface area contributed by atoms with Crippen LogP contribution in [0, 0.1) is 6.92 Å². The van der Waals surface area contributed by atoms with Crippen LogP contribution in [0.15, 0.2) is 83.8 Å². The molecule has 3 aromatic carbocycles. The molecule has 0 radical (unpaired) electrons. The normalized spacial score (nSPS) is 24.1. The number of nitrogens with one attached hydrogen (secondary N) is 1. The molecule has 2 heterocycles. The van der Waals surface area contributed by atoms with Crippen molar-refractivity contribution in [2.75, 3.05) is 13.1 Å². The van der Waals surface area contributed by atoms with Gasteiger partial charge in [-0.1, -0.05) is 72.3 Å². The summed E-state index contributed by atoms with van der Waals surface area (Å²) in [6, 6.07) is 25.9. The van der Waals surface area contributed by atoms with Crippen molar-refractivity contribution >= 4 is 10.0 Å². The summed E-state index contributed by atoms with van der Waals surface area (Å²) in [6.07, 6.45) is 0.768. The number of sulfonamides is 1. The molecule has 3 aromatic rings. The molecule has 2 aliphatic heterocycles. The fourth-order valence-corrected chi connectivity index (χ4v) is 6.50. The molecule has 5 rings (SSSR count). The van der Waals surface area contributed by atoms with Crippen LogP contribution in [0.4, 0.5) is 0 Å². The van der Waals surface area contributed by atoms with Crippen molar-refractivity contribution in [3.63, 3.8) is 0 Å². The molecule has 5 heteroatoms. The molecule has 0 bridgehead atoms. The average molecular weight is 406 g/mol. The van der Waals surface area contributed by atoms with Gasteiger partial charge in [-0.2, -0.15) is 0 Å². The Balaban J connectivity index is 1.63. The maximum Gasteiger partial charge on any atom is 0.248 e. The first-order valence-corrected chi connectivity index (χ1v) is 11.6. The Morgan fingerprint density at radius 2 is 1.59 bits per heavy atom. The molecule has 0 amide bonds. The van der Waals surface area contributed by atoms with Gasteiger partial charge in [0, 0.05) is 17.5 Å². The Bertz CT molecular complexity index is 1130. The lowest BCUT2D eigenvalue weighted by Crippen LogP contribution is -3.12. The van der Waals surface area contributed by atoms with Crippen molar-refractivity contribution in [3.05, 3.63) is 101 Å². The Morgan fingerprint density at radius 3 is 2.34 bits per heavy atom. The third kappa shape index (κ3) is 3.10. The van der Waals surface area contributed by atoms with E-state index in [2.05, 4.69) is 36.4 Å². The molecule has 1 unspecified atom stereocenters. The van der Waals surface area contributed by atoms with Gasteiger partial charge in [0.15, 0.2) is 6.17 Å². The van der Waals surface area contributed by atoms with E-state index in [1.807, 2.05) is 37.3 Å². The number of fused-ring (bicyclic) bond motifs is 3. The molecule has 0 saturated carbocycles. The number of hydrogen-bond acceptors (Lipinski definition) is 2. The van der Waals surface area contributed by atoms with Gasteiger partial charge in [-0.25, -0.2) is 8.42 Å². The molecule has 1 saturated heterocycles. The minimum Gasteiger partial charge on any atom is -0.308 e. The van der Waals surface area contributed by atoms with E-state index < -0.39 is 10.0 Å². The molecule has 0 aromatic heterocycles. The van der Waals surface area contributed by atoms with Gasteiger partial charge in [0.1, 0.15) is 6.04 Å². The van der Waals surface area contributed by atoms with Gasteiger partial charge in [-0.05, 0) is 24.6 Å². The molecule has 0 aliphatic carbocycles. The molecule has 1 N–H and O–H groups in total. The lowest BCUT2D eigenvalue weighted by Gasteiger charge is -2.32. The lowest BCUT2D eigenvalue weighted by atomic mass is 9.93. The van der Waals surface area contributed by atoms with Crippen molar-refractivity contribution in [2.24, 2.45) is 0 Å². The van der Waals surface area contributed by atoms with E-state index in [9.17, 15) is 8.42 Å². The summed E-state index contributed by atoms with van der Waals surface area (Å²) < 4.78 is 29.1. The van der Waals surface area contributed by atoms with Crippen LogP contribution in [0.3, 0.4) is 0 Å². The van der Waals surface area contributed by atoms with Crippen LogP contribution in [0.25, 0.3) is 0 Å². The molecular weight excluding hydrogens is 380 g/mol. The van der Waals surface area contributed by atoms with Crippen LogP contribution in [0.5, 0.6) is 0 Å². The first-order valence-electron chi connectivity index (χ1n) is 10.1. The van der Waals surface area contributed by atoms with Crippen molar-refractivity contribution in [3.8, 4) is 0 Å². The smallest absolute Gasteiger partial charge is 0.248 e. The fraction of sp³-hybridized carbons (Fsp3) is 0.250. The highest BCUT2D eigenvalue weighted by Crippen LogP contribution is 2.34. The minimum absolute atomic E-state index is 0.158. The second-order valence-electron chi connectivity index (χ2n) is 8.03. The van der Waals surface area contributed by atoms with Gasteiger partial charge in [-0.3, -0.25) is 0 Å². The first kappa shape index (κ1) is 18.6. The molecular formula is C24H25N2O2S+. The van der Waals surface area contributed by atoms with Crippen molar-refractivity contribution in [2.45, 2.75) is 30.4 Å². The van der Waals surface area contributed by atoms with Crippen LogP contribution in [-0.2, 0) is 16.4 Å². The maximum absolute atomic E-state index is 13.7. The van der Waals surface area contributed by atoms with E-state index in [-0.39, 0.29) is 12.2 Å². The van der Waals surface area contributed by atoms with Crippen molar-refractivity contribution in [1.29, 1.82) is 0 Å². The van der Waals surface area contributed by atoms with Crippen molar-refractivity contribution in [1.82, 2.24) is 4.31 Å². The highest BCUT2D eigenvalue weighted by molar-refractivity contribution is 7.89. The third-order valence-corrected chi connectivity index (χ3v) is 8.15. The molecule has 148 valence electrons. The van der Waals surface area contributed by atoms with Crippen LogP contribution in [0.2, 0.25) is 0 Å². The lowest BCUT2D eigenvalue weighted by molar-refractivity contribution is -0.953. The van der Waals surface area contributed by atoms with Gasteiger partial charge in [0.05, 0.1) is 18.0 Å². The monoisotopic (exact) mass is 405 g/mol. The Morgan fingerprint density at radius 1 is 0.897 bits per heavy atom. The summed E-state index contributed by atoms with van der Waals surface area (Å²) in [5, 5.41) is 0. The van der Waals surface area contributed by atoms with E-state index in [4.69, 9.17) is 0 Å². The zero-order chi connectivity index (χ0) is 20.0. The number of rotatable bonds is 3. The highest BCUT2D eigenvalue weighted by Gasteiger charge is 2.52. The number of nitrogens with zero attached hydrogens (tertiary/aromatic N) is 1. The van der Waals surface area contributed by atoms with Crippen LogP contribution in [-0.4, -0.2) is 25.8 Å². The minimum atomic E-state index is -3.60. The van der Waals surface area contributed by atoms with E-state index in [0.717, 1.165) is 24.1 Å². The van der Waals surface area contributed by atoms with Crippen molar-refractivity contribution < 1.29 is 13.3 Å². The summed E-state index contributed by atoms with van der Waals surface area (Å²) in [4.78, 5) is 1.70. The maximum atomic E-state index is 13.7. The zero-order valence-corrected chi connectivity index (χ0v) is 17.3. The summed E-state index contributed by atoms with van der Waals surface area (Å²) in [5.41, 5.74) is 4.75. The quantitative estimate of drug-likeness (QED) is 0.728. The van der Waals surface area contributed by atoms with Crippen LogP contribution < -0.4 is 4.90 Å². The molecule has 3 atom stereocenters. The first-order chi connectivity index (χ1) is 14.1. The third-order valence-electron chi connectivity index (χ3n) is 6.31. The zero-order valence-electron chi connectivity index (χ0n) is 16.5. The summed E-state index contributed by atoms with van der Waals surface area (Å²) >= 11 is 0. The molecule has 29 heavy (non-hydrogen) atoms. The van der Waals surface area contributed by atoms with Gasteiger partial charge >= 0.3 is 0 Å². The van der Waals surface area contributed by atoms with E-state index in [1.165, 1.54) is 16.0 Å². The Hall–Kier alpha value is -2.47. The molecule has 4 nitrogen and oxygen atoms in total. The summed E-state index contributed by atoms with van der Waals surface area (Å²) in [5.74, 6) is 0. The number of hydrogen-bond donors (Lipinski definition) is 1. The summed E-state index contributed by atoms with van der Waals surface area (Å²) in [7, 11) is -3.60. The van der Waals surface area contributed by atoms with Gasteiger partial charge < -0.3 is 4.90 Å². The average Bonchev–Trinajstić information content (AvgIpc) is 3.16. The van der Waals surface area contributed by atoms with Gasteiger partial charge in [0.2, 0.25) is 10.0 Å². The van der Waals surface area contributed by atoms with Gasteiger partial charge in [-0.15, -0.1) is 4.31 Å². The topological polar surface area (TPSA) is 41.8 Å². The van der Waals surface area contributed by atoms with Crippen LogP contribution in [0.1, 0.15) is 34.5 Å². The standard InChI is InChI=1S/C24H24N2O2S/c1-18-11-13-21(14-12-18)29(27,28)26-17-23-22-10-6-5-7-19(22)15-16-25(23)24(26)20-8-3-2-4-9-20/h2-14,23-24H,15-17H2,1H3/p+1/t23-,24+/m1/s1. The second-order valence-corrected chi connectivity index (χ2v) is 9.92. The predicted molar refractivity (Wildman–Crippen MR) is 113 cm³/mol. The Labute approximate surface area is 172 Å². The number of quaternary nitrogens is 1. The largest absolute Gasteiger partial charge is 0.308 e. The predicted octanol–water partition coefficient (Wildman–Crippen LogP) is 2.88. The SMILES string of the molecule is Cc1ccc(S(=O)(=O)N2C[C@@H]3c4ccccc4CC[NH+]3[C@@H]2c2ccccc2)cc1. The number of aryl methyl sites for hydroxylation is 1. The van der Waals surface area contributed by atoms with E-state index >= 15 is 0 Å². The second kappa shape index (κ2) is 7.10. The van der Waals surface area contributed by atoms with E-state index in [0.29, 0.717) is 11.4 Å². The summed E-state index contributed by atoms with van der Waals surface area (Å²) in [6.45, 7) is 3.41.